The van der Waals surface area contributed by atoms with Crippen LogP contribution in [0, 0.1) is 6.92 Å². The molecule has 5 heteroatoms. The van der Waals surface area contributed by atoms with Crippen LogP contribution < -0.4 is 5.73 Å². The van der Waals surface area contributed by atoms with Crippen LogP contribution in [0.15, 0.2) is 5.38 Å². The Morgan fingerprint density at radius 1 is 1.71 bits per heavy atom. The minimum atomic E-state index is 0.0451. The average molecular weight is 214 g/mol. The van der Waals surface area contributed by atoms with E-state index in [1.807, 2.05) is 12.3 Å². The van der Waals surface area contributed by atoms with Crippen LogP contribution in [0.3, 0.4) is 0 Å². The van der Waals surface area contributed by atoms with Crippen LogP contribution in [0.5, 0.6) is 0 Å². The van der Waals surface area contributed by atoms with Crippen LogP contribution >= 0.6 is 11.3 Å². The topological polar surface area (TPSA) is 65.2 Å². The number of nitrogens with zero attached hydrogens (tertiary/aromatic N) is 1. The lowest BCUT2D eigenvalue weighted by Crippen LogP contribution is -2.16. The fourth-order valence-corrected chi connectivity index (χ4v) is 1.62. The van der Waals surface area contributed by atoms with Crippen molar-refractivity contribution in [1.29, 1.82) is 0 Å². The summed E-state index contributed by atoms with van der Waals surface area (Å²) in [7, 11) is 0. The molecule has 0 atom stereocenters. The fourth-order valence-electron chi connectivity index (χ4n) is 1.01. The van der Waals surface area contributed by atoms with Gasteiger partial charge >= 0.3 is 0 Å². The van der Waals surface area contributed by atoms with Crippen molar-refractivity contribution >= 4 is 17.1 Å². The van der Waals surface area contributed by atoms with Gasteiger partial charge in [-0.3, -0.25) is 4.79 Å². The van der Waals surface area contributed by atoms with Gasteiger partial charge in [-0.15, -0.1) is 11.3 Å². The molecule has 1 rings (SSSR count). The molecular weight excluding hydrogens is 200 g/mol. The first-order chi connectivity index (χ1) is 6.72. The summed E-state index contributed by atoms with van der Waals surface area (Å²) in [6.07, 6.45) is 0.356. The molecule has 0 aliphatic carbocycles. The van der Waals surface area contributed by atoms with Crippen LogP contribution in [0.25, 0.3) is 0 Å². The van der Waals surface area contributed by atoms with E-state index in [4.69, 9.17) is 10.5 Å². The normalized spacial score (nSPS) is 10.4. The van der Waals surface area contributed by atoms with Crippen molar-refractivity contribution in [3.8, 4) is 0 Å². The first-order valence-corrected chi connectivity index (χ1v) is 5.31. The molecule has 0 saturated heterocycles. The molecule has 2 N–H and O–H groups in total. The molecule has 1 heterocycles. The molecular formula is C9H14N2O2S. The quantitative estimate of drug-likeness (QED) is 0.702. The molecule has 4 nitrogen and oxygen atoms in total. The number of hydrogen-bond donors (Lipinski definition) is 1. The summed E-state index contributed by atoms with van der Waals surface area (Å²) in [5.41, 5.74) is 6.05. The Kier molecular flexibility index (Phi) is 4.72. The van der Waals surface area contributed by atoms with E-state index in [2.05, 4.69) is 4.98 Å². The maximum Gasteiger partial charge on any atom is 0.164 e. The lowest BCUT2D eigenvalue weighted by molar-refractivity contribution is -0.122. The highest BCUT2D eigenvalue weighted by atomic mass is 32.1. The van der Waals surface area contributed by atoms with E-state index in [0.717, 1.165) is 10.7 Å². The molecule has 0 radical (unpaired) electrons. The van der Waals surface area contributed by atoms with E-state index in [0.29, 0.717) is 19.6 Å². The van der Waals surface area contributed by atoms with Gasteiger partial charge < -0.3 is 10.5 Å². The number of Topliss-reactive ketones (excluding diaryl/α,β-unsaturated/α-hetero) is 1. The molecule has 0 bridgehead atoms. The van der Waals surface area contributed by atoms with Crippen molar-refractivity contribution in [2.24, 2.45) is 5.73 Å². The van der Waals surface area contributed by atoms with E-state index in [1.165, 1.54) is 0 Å². The Hall–Kier alpha value is -0.780. The van der Waals surface area contributed by atoms with Crippen LogP contribution in [0.4, 0.5) is 0 Å². The van der Waals surface area contributed by atoms with Gasteiger partial charge in [-0.05, 0) is 6.92 Å². The molecule has 0 aliphatic rings. The predicted octanol–water partition coefficient (Wildman–Crippen LogP) is 0.538. The highest BCUT2D eigenvalue weighted by Crippen LogP contribution is 2.08. The van der Waals surface area contributed by atoms with Crippen LogP contribution in [-0.2, 0) is 16.0 Å². The number of carbonyl (C=O) groups is 1. The summed E-state index contributed by atoms with van der Waals surface area (Å²) in [5.74, 6) is 0.0451. The molecule has 1 aromatic rings. The molecule has 0 aliphatic heterocycles. The molecule has 0 aromatic carbocycles. The van der Waals surface area contributed by atoms with E-state index in [1.54, 1.807) is 11.3 Å². The third-order valence-electron chi connectivity index (χ3n) is 1.57. The van der Waals surface area contributed by atoms with Crippen LogP contribution in [0.1, 0.15) is 10.7 Å². The first kappa shape index (κ1) is 11.3. The predicted molar refractivity (Wildman–Crippen MR) is 55.4 cm³/mol. The van der Waals surface area contributed by atoms with E-state index in [-0.39, 0.29) is 12.4 Å². The second-order valence-corrected chi connectivity index (χ2v) is 3.98. The van der Waals surface area contributed by atoms with Gasteiger partial charge in [0.05, 0.1) is 23.7 Å². The van der Waals surface area contributed by atoms with Crippen molar-refractivity contribution in [3.05, 3.63) is 16.1 Å². The summed E-state index contributed by atoms with van der Waals surface area (Å²) in [6, 6.07) is 0. The lowest BCUT2D eigenvalue weighted by Gasteiger charge is -1.99. The first-order valence-electron chi connectivity index (χ1n) is 4.43. The summed E-state index contributed by atoms with van der Waals surface area (Å²) < 4.78 is 5.02. The monoisotopic (exact) mass is 214 g/mol. The molecule has 0 unspecified atom stereocenters. The third-order valence-corrected chi connectivity index (χ3v) is 2.39. The van der Waals surface area contributed by atoms with Crippen molar-refractivity contribution < 1.29 is 9.53 Å². The van der Waals surface area contributed by atoms with Gasteiger partial charge in [0.15, 0.2) is 5.78 Å². The Morgan fingerprint density at radius 2 is 2.50 bits per heavy atom. The molecule has 0 amide bonds. The third kappa shape index (κ3) is 3.95. The molecule has 0 spiro atoms. The van der Waals surface area contributed by atoms with E-state index in [9.17, 15) is 4.79 Å². The number of rotatable bonds is 6. The van der Waals surface area contributed by atoms with Gasteiger partial charge in [0, 0.05) is 11.9 Å². The lowest BCUT2D eigenvalue weighted by atomic mass is 10.2. The zero-order chi connectivity index (χ0) is 10.4. The Bertz CT molecular complexity index is 299. The second-order valence-electron chi connectivity index (χ2n) is 2.91. The van der Waals surface area contributed by atoms with Crippen molar-refractivity contribution in [2.75, 3.05) is 19.8 Å². The number of hydrogen-bond acceptors (Lipinski definition) is 5. The molecule has 14 heavy (non-hydrogen) atoms. The number of nitrogens with two attached hydrogens (primary N) is 1. The largest absolute Gasteiger partial charge is 0.372 e. The zero-order valence-corrected chi connectivity index (χ0v) is 8.97. The maximum atomic E-state index is 11.3. The smallest absolute Gasteiger partial charge is 0.164 e. The van der Waals surface area contributed by atoms with Gasteiger partial charge in [-0.1, -0.05) is 0 Å². The molecule has 78 valence electrons. The zero-order valence-electron chi connectivity index (χ0n) is 8.16. The van der Waals surface area contributed by atoms with Gasteiger partial charge in [0.25, 0.3) is 0 Å². The fraction of sp³-hybridized carbons (Fsp3) is 0.556. The van der Waals surface area contributed by atoms with Gasteiger partial charge in [0.2, 0.25) is 0 Å². The Balaban J connectivity index is 2.27. The second kappa shape index (κ2) is 5.85. The Morgan fingerprint density at radius 3 is 3.07 bits per heavy atom. The Labute approximate surface area is 87.1 Å². The molecule has 0 fully saturated rings. The van der Waals surface area contributed by atoms with Gasteiger partial charge in [-0.2, -0.15) is 0 Å². The number of aromatic nitrogens is 1. The van der Waals surface area contributed by atoms with Gasteiger partial charge in [0.1, 0.15) is 6.61 Å². The van der Waals surface area contributed by atoms with Crippen molar-refractivity contribution in [2.45, 2.75) is 13.3 Å². The minimum absolute atomic E-state index is 0.0451. The number of aryl methyl sites for hydroxylation is 1. The number of carbonyl (C=O) groups excluding carboxylic acids is 1. The van der Waals surface area contributed by atoms with Crippen LogP contribution in [0.2, 0.25) is 0 Å². The highest BCUT2D eigenvalue weighted by molar-refractivity contribution is 7.09. The summed E-state index contributed by atoms with van der Waals surface area (Å²) >= 11 is 1.55. The van der Waals surface area contributed by atoms with Crippen molar-refractivity contribution in [1.82, 2.24) is 4.98 Å². The highest BCUT2D eigenvalue weighted by Gasteiger charge is 2.06. The summed E-state index contributed by atoms with van der Waals surface area (Å²) in [5, 5.41) is 2.88. The standard InChI is InChI=1S/C9H14N2O2S/c1-7-11-8(6-14-7)4-9(12)5-13-3-2-10/h6H,2-5,10H2,1H3. The minimum Gasteiger partial charge on any atom is -0.372 e. The maximum absolute atomic E-state index is 11.3. The summed E-state index contributed by atoms with van der Waals surface area (Å²) in [6.45, 7) is 2.93. The number of ether oxygens (including phenoxy) is 1. The number of thiazole rings is 1. The average Bonchev–Trinajstić information content (AvgIpc) is 2.52. The summed E-state index contributed by atoms with van der Waals surface area (Å²) in [4.78, 5) is 15.5. The van der Waals surface area contributed by atoms with E-state index < -0.39 is 0 Å². The van der Waals surface area contributed by atoms with Crippen molar-refractivity contribution in [3.63, 3.8) is 0 Å². The number of ketones is 1. The molecule has 0 saturated carbocycles. The van der Waals surface area contributed by atoms with Gasteiger partial charge in [-0.25, -0.2) is 4.98 Å². The van der Waals surface area contributed by atoms with Crippen LogP contribution in [-0.4, -0.2) is 30.5 Å². The van der Waals surface area contributed by atoms with E-state index >= 15 is 0 Å². The molecule has 1 aromatic heterocycles. The SMILES string of the molecule is Cc1nc(CC(=O)COCCN)cs1.